The number of nitrogens with two attached hydrogens (primary N) is 1. The topological polar surface area (TPSA) is 98.3 Å². The normalized spacial score (nSPS) is 22.1. The number of nitrogen functional groups attached to an aromatic ring is 1. The number of nitro groups is 1. The first-order valence-electron chi connectivity index (χ1n) is 5.82. The fraction of sp³-hybridized carbons (Fsp3) is 0.417. The number of rotatable bonds is 3. The monoisotopic (exact) mass is 249 g/mol. The summed E-state index contributed by atoms with van der Waals surface area (Å²) in [6.45, 7) is 2.12. The Labute approximate surface area is 104 Å². The van der Waals surface area contributed by atoms with Crippen molar-refractivity contribution in [1.82, 2.24) is 5.32 Å². The number of carbonyl (C=O) groups is 1. The van der Waals surface area contributed by atoms with Gasteiger partial charge >= 0.3 is 0 Å². The van der Waals surface area contributed by atoms with Gasteiger partial charge in [0.05, 0.1) is 4.92 Å². The number of amides is 1. The smallest absolute Gasteiger partial charge is 0.292 e. The molecule has 1 aromatic rings. The van der Waals surface area contributed by atoms with Crippen LogP contribution in [-0.4, -0.2) is 16.9 Å². The van der Waals surface area contributed by atoms with Crippen LogP contribution in [0.5, 0.6) is 0 Å². The average Bonchev–Trinajstić information content (AvgIpc) is 2.27. The highest BCUT2D eigenvalue weighted by Crippen LogP contribution is 2.27. The fourth-order valence-electron chi connectivity index (χ4n) is 2.13. The van der Waals surface area contributed by atoms with E-state index in [4.69, 9.17) is 5.73 Å². The molecule has 6 nitrogen and oxygen atoms in total. The molecule has 18 heavy (non-hydrogen) atoms. The van der Waals surface area contributed by atoms with Crippen molar-refractivity contribution in [3.05, 3.63) is 33.9 Å². The highest BCUT2D eigenvalue weighted by molar-refractivity contribution is 5.95. The molecular weight excluding hydrogens is 234 g/mol. The molecule has 1 fully saturated rings. The van der Waals surface area contributed by atoms with E-state index in [1.165, 1.54) is 18.2 Å². The minimum absolute atomic E-state index is 0.0637. The van der Waals surface area contributed by atoms with Gasteiger partial charge in [-0.3, -0.25) is 14.9 Å². The van der Waals surface area contributed by atoms with E-state index in [1.54, 1.807) is 0 Å². The van der Waals surface area contributed by atoms with E-state index in [1.807, 2.05) is 0 Å². The van der Waals surface area contributed by atoms with E-state index in [9.17, 15) is 14.9 Å². The van der Waals surface area contributed by atoms with Crippen LogP contribution < -0.4 is 11.1 Å². The number of benzene rings is 1. The third-order valence-electron chi connectivity index (χ3n) is 3.20. The van der Waals surface area contributed by atoms with Crippen molar-refractivity contribution in [2.45, 2.75) is 25.8 Å². The number of hydrogen-bond donors (Lipinski definition) is 2. The molecule has 1 aromatic carbocycles. The predicted molar refractivity (Wildman–Crippen MR) is 67.2 cm³/mol. The molecule has 6 heteroatoms. The van der Waals surface area contributed by atoms with Gasteiger partial charge in [0.2, 0.25) is 0 Å². The molecule has 1 aliphatic carbocycles. The molecule has 1 saturated carbocycles. The summed E-state index contributed by atoms with van der Waals surface area (Å²) < 4.78 is 0. The molecule has 0 radical (unpaired) electrons. The van der Waals surface area contributed by atoms with Crippen LogP contribution in [0.15, 0.2) is 18.2 Å². The SMILES string of the molecule is CC1CC(NC(=O)c2ccc(N)c([N+](=O)[O-])c2)C1. The summed E-state index contributed by atoms with van der Waals surface area (Å²) >= 11 is 0. The maximum atomic E-state index is 11.9. The number of hydrogen-bond acceptors (Lipinski definition) is 4. The Hall–Kier alpha value is -2.11. The molecular formula is C12H15N3O3. The van der Waals surface area contributed by atoms with E-state index in [-0.39, 0.29) is 28.9 Å². The minimum atomic E-state index is -0.586. The van der Waals surface area contributed by atoms with E-state index in [0.29, 0.717) is 5.92 Å². The Kier molecular flexibility index (Phi) is 3.18. The van der Waals surface area contributed by atoms with Crippen molar-refractivity contribution in [3.8, 4) is 0 Å². The second kappa shape index (κ2) is 4.64. The van der Waals surface area contributed by atoms with Gasteiger partial charge in [0, 0.05) is 17.7 Å². The highest BCUT2D eigenvalue weighted by Gasteiger charge is 2.27. The lowest BCUT2D eigenvalue weighted by Crippen LogP contribution is -2.43. The number of nitrogens with zero attached hydrogens (tertiary/aromatic N) is 1. The van der Waals surface area contributed by atoms with Crippen molar-refractivity contribution in [2.24, 2.45) is 5.92 Å². The van der Waals surface area contributed by atoms with Crippen molar-refractivity contribution in [1.29, 1.82) is 0 Å². The van der Waals surface area contributed by atoms with E-state index in [0.717, 1.165) is 12.8 Å². The van der Waals surface area contributed by atoms with Crippen LogP contribution >= 0.6 is 0 Å². The highest BCUT2D eigenvalue weighted by atomic mass is 16.6. The van der Waals surface area contributed by atoms with Crippen LogP contribution in [0, 0.1) is 16.0 Å². The van der Waals surface area contributed by atoms with Gasteiger partial charge in [0.1, 0.15) is 5.69 Å². The summed E-state index contributed by atoms with van der Waals surface area (Å²) in [7, 11) is 0. The van der Waals surface area contributed by atoms with Gasteiger partial charge in [0.15, 0.2) is 0 Å². The molecule has 0 spiro atoms. The molecule has 1 aliphatic rings. The Morgan fingerprint density at radius 1 is 1.50 bits per heavy atom. The van der Waals surface area contributed by atoms with Crippen LogP contribution in [0.4, 0.5) is 11.4 Å². The average molecular weight is 249 g/mol. The number of anilines is 1. The van der Waals surface area contributed by atoms with Gasteiger partial charge in [0.25, 0.3) is 11.6 Å². The van der Waals surface area contributed by atoms with Gasteiger partial charge < -0.3 is 11.1 Å². The zero-order valence-electron chi connectivity index (χ0n) is 10.1. The lowest BCUT2D eigenvalue weighted by Gasteiger charge is -2.33. The zero-order chi connectivity index (χ0) is 13.3. The summed E-state index contributed by atoms with van der Waals surface area (Å²) in [5, 5.41) is 13.6. The lowest BCUT2D eigenvalue weighted by molar-refractivity contribution is -0.383. The molecule has 0 heterocycles. The van der Waals surface area contributed by atoms with Gasteiger partial charge in [-0.2, -0.15) is 0 Å². The standard InChI is InChI=1S/C12H15N3O3/c1-7-4-9(5-7)14-12(16)8-2-3-10(13)11(6-8)15(17)18/h2-3,6-7,9H,4-5,13H2,1H3,(H,14,16). The first-order chi connectivity index (χ1) is 8.47. The van der Waals surface area contributed by atoms with E-state index >= 15 is 0 Å². The first-order valence-corrected chi connectivity index (χ1v) is 5.82. The molecule has 0 bridgehead atoms. The summed E-state index contributed by atoms with van der Waals surface area (Å²) in [5.74, 6) is 0.353. The summed E-state index contributed by atoms with van der Waals surface area (Å²) in [4.78, 5) is 22.0. The van der Waals surface area contributed by atoms with E-state index < -0.39 is 4.92 Å². The number of nitro benzene ring substituents is 1. The largest absolute Gasteiger partial charge is 0.393 e. The third-order valence-corrected chi connectivity index (χ3v) is 3.20. The number of nitrogens with one attached hydrogen (secondary N) is 1. The first kappa shape index (κ1) is 12.3. The van der Waals surface area contributed by atoms with Crippen molar-refractivity contribution >= 4 is 17.3 Å². The predicted octanol–water partition coefficient (Wildman–Crippen LogP) is 1.71. The maximum absolute atomic E-state index is 11.9. The Morgan fingerprint density at radius 2 is 2.17 bits per heavy atom. The van der Waals surface area contributed by atoms with Crippen molar-refractivity contribution < 1.29 is 9.72 Å². The van der Waals surface area contributed by atoms with Gasteiger partial charge in [-0.05, 0) is 30.9 Å². The van der Waals surface area contributed by atoms with Crippen LogP contribution in [-0.2, 0) is 0 Å². The van der Waals surface area contributed by atoms with Gasteiger partial charge in [-0.25, -0.2) is 0 Å². The van der Waals surface area contributed by atoms with Crippen LogP contribution in [0.25, 0.3) is 0 Å². The molecule has 0 aromatic heterocycles. The second-order valence-corrected chi connectivity index (χ2v) is 4.78. The van der Waals surface area contributed by atoms with Gasteiger partial charge in [-0.15, -0.1) is 0 Å². The molecule has 96 valence electrons. The summed E-state index contributed by atoms with van der Waals surface area (Å²) in [6.07, 6.45) is 1.92. The van der Waals surface area contributed by atoms with Gasteiger partial charge in [-0.1, -0.05) is 6.92 Å². The third kappa shape index (κ3) is 2.42. The minimum Gasteiger partial charge on any atom is -0.393 e. The zero-order valence-corrected chi connectivity index (χ0v) is 10.1. The Bertz CT molecular complexity index is 495. The maximum Gasteiger partial charge on any atom is 0.292 e. The molecule has 0 atom stereocenters. The molecule has 0 aliphatic heterocycles. The Morgan fingerprint density at radius 3 is 2.72 bits per heavy atom. The molecule has 0 unspecified atom stereocenters. The molecule has 0 saturated heterocycles. The van der Waals surface area contributed by atoms with Crippen LogP contribution in [0.3, 0.4) is 0 Å². The van der Waals surface area contributed by atoms with Crippen LogP contribution in [0.2, 0.25) is 0 Å². The fourth-order valence-corrected chi connectivity index (χ4v) is 2.13. The Balaban J connectivity index is 2.10. The van der Waals surface area contributed by atoms with Crippen molar-refractivity contribution in [2.75, 3.05) is 5.73 Å². The van der Waals surface area contributed by atoms with Crippen molar-refractivity contribution in [3.63, 3.8) is 0 Å². The molecule has 2 rings (SSSR count). The molecule has 1 amide bonds. The van der Waals surface area contributed by atoms with E-state index in [2.05, 4.69) is 12.2 Å². The summed E-state index contributed by atoms with van der Waals surface area (Å²) in [5.41, 5.74) is 5.58. The second-order valence-electron chi connectivity index (χ2n) is 4.78. The quantitative estimate of drug-likeness (QED) is 0.484. The summed E-state index contributed by atoms with van der Waals surface area (Å²) in [6, 6.07) is 4.28. The lowest BCUT2D eigenvalue weighted by atomic mass is 9.82. The number of carbonyl (C=O) groups excluding carboxylic acids is 1. The van der Waals surface area contributed by atoms with Crippen LogP contribution in [0.1, 0.15) is 30.1 Å². The molecule has 3 N–H and O–H groups in total.